The number of hydrogen-bond acceptors (Lipinski definition) is 5. The molecular formula is C14H22O5S. The van der Waals surface area contributed by atoms with Gasteiger partial charge in [0.1, 0.15) is 6.10 Å². The molecule has 0 bridgehead atoms. The van der Waals surface area contributed by atoms with Crippen molar-refractivity contribution in [1.29, 1.82) is 0 Å². The Morgan fingerprint density at radius 2 is 1.85 bits per heavy atom. The Morgan fingerprint density at radius 3 is 2.45 bits per heavy atom. The van der Waals surface area contributed by atoms with E-state index in [1.54, 1.807) is 12.1 Å². The van der Waals surface area contributed by atoms with Gasteiger partial charge in [0.05, 0.1) is 18.1 Å². The van der Waals surface area contributed by atoms with E-state index in [4.69, 9.17) is 8.92 Å². The molecule has 0 amide bonds. The van der Waals surface area contributed by atoms with Gasteiger partial charge in [-0.1, -0.05) is 31.0 Å². The Labute approximate surface area is 120 Å². The lowest BCUT2D eigenvalue weighted by molar-refractivity contribution is 0.0126. The van der Waals surface area contributed by atoms with E-state index in [2.05, 4.69) is 0 Å². The number of aliphatic hydroxyl groups is 1. The lowest BCUT2D eigenvalue weighted by Gasteiger charge is -2.12. The number of rotatable bonds is 9. The second-order valence-electron chi connectivity index (χ2n) is 4.63. The molecule has 20 heavy (non-hydrogen) atoms. The van der Waals surface area contributed by atoms with Crippen molar-refractivity contribution in [3.8, 4) is 0 Å². The van der Waals surface area contributed by atoms with E-state index >= 15 is 0 Å². The van der Waals surface area contributed by atoms with Gasteiger partial charge in [-0.15, -0.1) is 0 Å². The van der Waals surface area contributed by atoms with Gasteiger partial charge in [-0.05, 0) is 25.5 Å². The van der Waals surface area contributed by atoms with Gasteiger partial charge in [0, 0.05) is 6.61 Å². The second-order valence-corrected chi connectivity index (χ2v) is 6.25. The second kappa shape index (κ2) is 8.36. The van der Waals surface area contributed by atoms with Crippen LogP contribution in [0, 0.1) is 6.92 Å². The predicted octanol–water partition coefficient (Wildman–Crippen LogP) is 1.88. The van der Waals surface area contributed by atoms with Crippen LogP contribution in [0.5, 0.6) is 0 Å². The highest BCUT2D eigenvalue weighted by Crippen LogP contribution is 2.13. The van der Waals surface area contributed by atoms with Crippen LogP contribution in [0.3, 0.4) is 0 Å². The molecule has 1 rings (SSSR count). The molecule has 0 unspecified atom stereocenters. The van der Waals surface area contributed by atoms with E-state index < -0.39 is 16.2 Å². The first-order valence-electron chi connectivity index (χ1n) is 6.67. The summed E-state index contributed by atoms with van der Waals surface area (Å²) in [5, 5.41) is 9.59. The first-order valence-corrected chi connectivity index (χ1v) is 8.08. The summed E-state index contributed by atoms with van der Waals surface area (Å²) >= 11 is 0. The molecule has 0 saturated heterocycles. The predicted molar refractivity (Wildman–Crippen MR) is 76.1 cm³/mol. The number of benzene rings is 1. The molecule has 0 aliphatic carbocycles. The lowest BCUT2D eigenvalue weighted by atomic mass is 10.2. The lowest BCUT2D eigenvalue weighted by Crippen LogP contribution is -2.24. The zero-order valence-corrected chi connectivity index (χ0v) is 12.7. The zero-order valence-electron chi connectivity index (χ0n) is 11.9. The Hall–Kier alpha value is -0.950. The molecule has 114 valence electrons. The highest BCUT2D eigenvalue weighted by Gasteiger charge is 2.17. The van der Waals surface area contributed by atoms with Crippen molar-refractivity contribution in [1.82, 2.24) is 0 Å². The average Bonchev–Trinajstić information content (AvgIpc) is 2.42. The quantitative estimate of drug-likeness (QED) is 0.557. The van der Waals surface area contributed by atoms with E-state index in [0.29, 0.717) is 6.61 Å². The molecule has 0 heterocycles. The number of aliphatic hydroxyl groups excluding tert-OH is 1. The fourth-order valence-electron chi connectivity index (χ4n) is 1.45. The summed E-state index contributed by atoms with van der Waals surface area (Å²) in [4.78, 5) is 0.0854. The molecule has 0 aromatic heterocycles. The third kappa shape index (κ3) is 6.00. The van der Waals surface area contributed by atoms with E-state index in [1.807, 2.05) is 13.8 Å². The van der Waals surface area contributed by atoms with Crippen LogP contribution in [-0.4, -0.2) is 39.4 Å². The Bertz CT molecular complexity index is 481. The summed E-state index contributed by atoms with van der Waals surface area (Å²) in [5.74, 6) is 0. The summed E-state index contributed by atoms with van der Waals surface area (Å²) in [5.41, 5.74) is 0.966. The van der Waals surface area contributed by atoms with Crippen molar-refractivity contribution in [2.75, 3.05) is 19.8 Å². The minimum absolute atomic E-state index is 0.0728. The van der Waals surface area contributed by atoms with Crippen molar-refractivity contribution in [3.63, 3.8) is 0 Å². The number of hydrogen-bond donors (Lipinski definition) is 1. The molecule has 1 aromatic carbocycles. The molecule has 0 saturated carbocycles. The highest BCUT2D eigenvalue weighted by molar-refractivity contribution is 7.86. The maximum Gasteiger partial charge on any atom is 0.297 e. The Kier molecular flexibility index (Phi) is 7.15. The van der Waals surface area contributed by atoms with Crippen LogP contribution in [0.2, 0.25) is 0 Å². The van der Waals surface area contributed by atoms with Crippen LogP contribution in [-0.2, 0) is 19.0 Å². The molecule has 1 atom stereocenters. The van der Waals surface area contributed by atoms with E-state index in [-0.39, 0.29) is 18.1 Å². The summed E-state index contributed by atoms with van der Waals surface area (Å²) < 4.78 is 33.7. The Balaban J connectivity index is 2.41. The first-order chi connectivity index (χ1) is 9.45. The van der Waals surface area contributed by atoms with Gasteiger partial charge in [0.2, 0.25) is 0 Å². The summed E-state index contributed by atoms with van der Waals surface area (Å²) in [6, 6.07) is 6.35. The minimum atomic E-state index is -3.82. The molecule has 0 aliphatic heterocycles. The summed E-state index contributed by atoms with van der Waals surface area (Å²) in [6.07, 6.45) is 0.969. The van der Waals surface area contributed by atoms with Crippen molar-refractivity contribution in [2.24, 2.45) is 0 Å². The zero-order chi connectivity index (χ0) is 15.0. The molecule has 5 nitrogen and oxygen atoms in total. The van der Waals surface area contributed by atoms with Gasteiger partial charge in [-0.3, -0.25) is 4.18 Å². The third-order valence-corrected chi connectivity index (χ3v) is 3.97. The van der Waals surface area contributed by atoms with Crippen molar-refractivity contribution >= 4 is 10.1 Å². The fraction of sp³-hybridized carbons (Fsp3) is 0.571. The maximum atomic E-state index is 11.9. The average molecular weight is 302 g/mol. The standard InChI is InChI=1S/C14H22O5S/c1-3-4-9-18-10-13(15)11-19-20(16,17)14-7-5-12(2)6-8-14/h5-8,13,15H,3-4,9-11H2,1-2H3/t13-/m1/s1. The highest BCUT2D eigenvalue weighted by atomic mass is 32.2. The summed E-state index contributed by atoms with van der Waals surface area (Å²) in [7, 11) is -3.82. The molecule has 6 heteroatoms. The third-order valence-electron chi connectivity index (χ3n) is 2.68. The van der Waals surface area contributed by atoms with Crippen molar-refractivity contribution < 1.29 is 22.4 Å². The van der Waals surface area contributed by atoms with Gasteiger partial charge >= 0.3 is 0 Å². The largest absolute Gasteiger partial charge is 0.388 e. The SMILES string of the molecule is CCCCOC[C@@H](O)COS(=O)(=O)c1ccc(C)cc1. The normalized spacial score (nSPS) is 13.3. The van der Waals surface area contributed by atoms with Gasteiger partial charge in [0.25, 0.3) is 10.1 Å². The van der Waals surface area contributed by atoms with Crippen molar-refractivity contribution in [3.05, 3.63) is 29.8 Å². The molecule has 0 radical (unpaired) electrons. The molecule has 0 spiro atoms. The van der Waals surface area contributed by atoms with Crippen LogP contribution in [0.4, 0.5) is 0 Å². The van der Waals surface area contributed by atoms with E-state index in [1.165, 1.54) is 12.1 Å². The van der Waals surface area contributed by atoms with Crippen molar-refractivity contribution in [2.45, 2.75) is 37.7 Å². The topological polar surface area (TPSA) is 72.8 Å². The number of ether oxygens (including phenoxy) is 1. The number of unbranched alkanes of at least 4 members (excludes halogenated alkanes) is 1. The number of aryl methyl sites for hydroxylation is 1. The minimum Gasteiger partial charge on any atom is -0.388 e. The van der Waals surface area contributed by atoms with Gasteiger partial charge in [-0.25, -0.2) is 0 Å². The smallest absolute Gasteiger partial charge is 0.297 e. The molecule has 1 aromatic rings. The van der Waals surface area contributed by atoms with E-state index in [0.717, 1.165) is 18.4 Å². The maximum absolute atomic E-state index is 11.9. The van der Waals surface area contributed by atoms with Gasteiger partial charge in [-0.2, -0.15) is 8.42 Å². The Morgan fingerprint density at radius 1 is 1.20 bits per heavy atom. The van der Waals surface area contributed by atoms with Crippen LogP contribution in [0.25, 0.3) is 0 Å². The molecule has 1 N–H and O–H groups in total. The fourth-order valence-corrected chi connectivity index (χ4v) is 2.40. The van der Waals surface area contributed by atoms with Crippen LogP contribution < -0.4 is 0 Å². The molecule has 0 fully saturated rings. The monoisotopic (exact) mass is 302 g/mol. The van der Waals surface area contributed by atoms with E-state index in [9.17, 15) is 13.5 Å². The summed E-state index contributed by atoms with van der Waals surface area (Å²) in [6.45, 7) is 4.23. The first kappa shape index (κ1) is 17.1. The van der Waals surface area contributed by atoms with Gasteiger partial charge in [0.15, 0.2) is 0 Å². The molecular weight excluding hydrogens is 280 g/mol. The van der Waals surface area contributed by atoms with Crippen LogP contribution >= 0.6 is 0 Å². The van der Waals surface area contributed by atoms with Crippen LogP contribution in [0.15, 0.2) is 29.2 Å². The van der Waals surface area contributed by atoms with Crippen LogP contribution in [0.1, 0.15) is 25.3 Å². The van der Waals surface area contributed by atoms with Gasteiger partial charge < -0.3 is 9.84 Å². The molecule has 0 aliphatic rings.